The maximum atomic E-state index is 13.2. The van der Waals surface area contributed by atoms with Crippen LogP contribution in [0.1, 0.15) is 18.4 Å². The van der Waals surface area contributed by atoms with Gasteiger partial charge in [-0.3, -0.25) is 4.90 Å². The summed E-state index contributed by atoms with van der Waals surface area (Å²) >= 11 is 0. The number of nitrogens with two attached hydrogens (primary N) is 1. The van der Waals surface area contributed by atoms with Crippen LogP contribution in [0.3, 0.4) is 0 Å². The molecule has 2 aromatic rings. The van der Waals surface area contributed by atoms with E-state index in [4.69, 9.17) is 5.73 Å². The summed E-state index contributed by atoms with van der Waals surface area (Å²) in [4.78, 5) is 2.48. The lowest BCUT2D eigenvalue weighted by atomic mass is 9.96. The van der Waals surface area contributed by atoms with Gasteiger partial charge in [0.1, 0.15) is 5.82 Å². The largest absolute Gasteiger partial charge is 0.330 e. The fraction of sp³-hybridized carbons (Fsp3) is 0.412. The van der Waals surface area contributed by atoms with Crippen LogP contribution in [-0.4, -0.2) is 24.5 Å². The molecule has 1 aliphatic rings. The minimum Gasteiger partial charge on any atom is -0.330 e. The number of fused-ring (bicyclic) bond motifs is 1. The highest BCUT2D eigenvalue weighted by atomic mass is 19.1. The minimum atomic E-state index is -0.172. The van der Waals surface area contributed by atoms with Gasteiger partial charge in [-0.25, -0.2) is 4.39 Å². The van der Waals surface area contributed by atoms with Crippen molar-refractivity contribution in [2.24, 2.45) is 11.7 Å². The number of hydrogen-bond donors (Lipinski definition) is 1. The Labute approximate surface area is 119 Å². The fourth-order valence-corrected chi connectivity index (χ4v) is 3.00. The molecule has 1 heterocycles. The van der Waals surface area contributed by atoms with Gasteiger partial charge in [0.15, 0.2) is 0 Å². The molecule has 0 atom stereocenters. The van der Waals surface area contributed by atoms with Crippen LogP contribution >= 0.6 is 0 Å². The van der Waals surface area contributed by atoms with E-state index >= 15 is 0 Å². The molecule has 2 aromatic carbocycles. The lowest BCUT2D eigenvalue weighted by Crippen LogP contribution is -2.35. The molecule has 0 amide bonds. The number of benzene rings is 2. The van der Waals surface area contributed by atoms with E-state index < -0.39 is 0 Å². The lowest BCUT2D eigenvalue weighted by molar-refractivity contribution is 0.180. The van der Waals surface area contributed by atoms with Crippen LogP contribution < -0.4 is 5.73 Å². The molecule has 1 saturated heterocycles. The van der Waals surface area contributed by atoms with Crippen molar-refractivity contribution in [1.82, 2.24) is 4.90 Å². The quantitative estimate of drug-likeness (QED) is 0.930. The number of rotatable bonds is 3. The average molecular weight is 272 g/mol. The molecular formula is C17H21FN2. The zero-order chi connectivity index (χ0) is 13.9. The van der Waals surface area contributed by atoms with Gasteiger partial charge in [0.2, 0.25) is 0 Å². The van der Waals surface area contributed by atoms with E-state index in [-0.39, 0.29) is 5.82 Å². The van der Waals surface area contributed by atoms with Crippen LogP contribution in [0.2, 0.25) is 0 Å². The maximum absolute atomic E-state index is 13.2. The van der Waals surface area contributed by atoms with Crippen molar-refractivity contribution in [3.63, 3.8) is 0 Å². The van der Waals surface area contributed by atoms with Gasteiger partial charge in [-0.2, -0.15) is 0 Å². The Morgan fingerprint density at radius 2 is 1.75 bits per heavy atom. The van der Waals surface area contributed by atoms with Gasteiger partial charge in [-0.05, 0) is 72.9 Å². The van der Waals surface area contributed by atoms with Crippen molar-refractivity contribution in [1.29, 1.82) is 0 Å². The highest BCUT2D eigenvalue weighted by Crippen LogP contribution is 2.21. The minimum absolute atomic E-state index is 0.172. The monoisotopic (exact) mass is 272 g/mol. The summed E-state index contributed by atoms with van der Waals surface area (Å²) in [6, 6.07) is 11.3. The molecule has 0 bridgehead atoms. The molecule has 0 aliphatic carbocycles. The summed E-state index contributed by atoms with van der Waals surface area (Å²) in [7, 11) is 0. The van der Waals surface area contributed by atoms with Crippen LogP contribution in [0.15, 0.2) is 36.4 Å². The fourth-order valence-electron chi connectivity index (χ4n) is 3.00. The third kappa shape index (κ3) is 3.00. The Morgan fingerprint density at radius 1 is 1.05 bits per heavy atom. The van der Waals surface area contributed by atoms with Gasteiger partial charge in [-0.1, -0.05) is 18.2 Å². The maximum Gasteiger partial charge on any atom is 0.123 e. The second kappa shape index (κ2) is 5.90. The van der Waals surface area contributed by atoms with Crippen molar-refractivity contribution in [2.75, 3.05) is 19.6 Å². The first-order chi connectivity index (χ1) is 9.74. The third-order valence-corrected chi connectivity index (χ3v) is 4.31. The molecule has 3 heteroatoms. The summed E-state index contributed by atoms with van der Waals surface area (Å²) in [5, 5.41) is 2.08. The van der Waals surface area contributed by atoms with Gasteiger partial charge >= 0.3 is 0 Å². The predicted molar refractivity (Wildman–Crippen MR) is 81.0 cm³/mol. The van der Waals surface area contributed by atoms with Gasteiger partial charge < -0.3 is 5.73 Å². The van der Waals surface area contributed by atoms with Crippen molar-refractivity contribution in [3.8, 4) is 0 Å². The Bertz CT molecular complexity index is 589. The molecule has 0 radical (unpaired) electrons. The summed E-state index contributed by atoms with van der Waals surface area (Å²) in [6.45, 7) is 4.05. The van der Waals surface area contributed by atoms with Crippen molar-refractivity contribution in [3.05, 3.63) is 47.8 Å². The van der Waals surface area contributed by atoms with Gasteiger partial charge in [0, 0.05) is 6.54 Å². The molecule has 3 rings (SSSR count). The second-order valence-electron chi connectivity index (χ2n) is 5.78. The molecule has 1 fully saturated rings. The number of likely N-dealkylation sites (tertiary alicyclic amines) is 1. The summed E-state index contributed by atoms with van der Waals surface area (Å²) < 4.78 is 13.2. The number of piperidine rings is 1. The van der Waals surface area contributed by atoms with E-state index in [9.17, 15) is 4.39 Å². The molecule has 0 saturated carbocycles. The van der Waals surface area contributed by atoms with Gasteiger partial charge in [-0.15, -0.1) is 0 Å². The Kier molecular flexibility index (Phi) is 3.99. The molecule has 0 aromatic heterocycles. The Morgan fingerprint density at radius 3 is 2.50 bits per heavy atom. The molecule has 106 valence electrons. The first kappa shape index (κ1) is 13.5. The Balaban J connectivity index is 1.70. The predicted octanol–water partition coefficient (Wildman–Crippen LogP) is 3.15. The van der Waals surface area contributed by atoms with Crippen molar-refractivity contribution < 1.29 is 4.39 Å². The SMILES string of the molecule is NCC1CCN(Cc2ccc3cc(F)ccc3c2)CC1. The number of hydrogen-bond acceptors (Lipinski definition) is 2. The molecule has 0 unspecified atom stereocenters. The van der Waals surface area contributed by atoms with E-state index in [0.29, 0.717) is 5.92 Å². The van der Waals surface area contributed by atoms with E-state index in [1.807, 2.05) is 12.1 Å². The highest BCUT2D eigenvalue weighted by Gasteiger charge is 2.17. The summed E-state index contributed by atoms with van der Waals surface area (Å²) in [6.07, 6.45) is 2.41. The van der Waals surface area contributed by atoms with Crippen LogP contribution in [0, 0.1) is 11.7 Å². The van der Waals surface area contributed by atoms with E-state index in [0.717, 1.165) is 37.0 Å². The normalized spacial score (nSPS) is 17.7. The smallest absolute Gasteiger partial charge is 0.123 e. The third-order valence-electron chi connectivity index (χ3n) is 4.31. The van der Waals surface area contributed by atoms with Crippen LogP contribution in [0.25, 0.3) is 10.8 Å². The van der Waals surface area contributed by atoms with Crippen LogP contribution in [0.5, 0.6) is 0 Å². The number of halogens is 1. The highest BCUT2D eigenvalue weighted by molar-refractivity contribution is 5.83. The Hall–Kier alpha value is -1.45. The molecule has 2 N–H and O–H groups in total. The lowest BCUT2D eigenvalue weighted by Gasteiger charge is -2.31. The first-order valence-electron chi connectivity index (χ1n) is 7.35. The zero-order valence-corrected chi connectivity index (χ0v) is 11.7. The molecule has 2 nitrogen and oxygen atoms in total. The molecule has 0 spiro atoms. The van der Waals surface area contributed by atoms with Crippen molar-refractivity contribution >= 4 is 10.8 Å². The molecule has 20 heavy (non-hydrogen) atoms. The van der Waals surface area contributed by atoms with E-state index in [2.05, 4.69) is 17.0 Å². The van der Waals surface area contributed by atoms with Gasteiger partial charge in [0.25, 0.3) is 0 Å². The number of nitrogens with zero attached hydrogens (tertiary/aromatic N) is 1. The van der Waals surface area contributed by atoms with Crippen LogP contribution in [-0.2, 0) is 6.54 Å². The van der Waals surface area contributed by atoms with E-state index in [1.165, 1.54) is 24.5 Å². The standard InChI is InChI=1S/C17H21FN2/c18-17-4-3-15-9-14(1-2-16(15)10-17)12-20-7-5-13(11-19)6-8-20/h1-4,9-10,13H,5-8,11-12,19H2. The summed E-state index contributed by atoms with van der Waals surface area (Å²) in [5.74, 6) is 0.528. The second-order valence-corrected chi connectivity index (χ2v) is 5.78. The molecular weight excluding hydrogens is 251 g/mol. The summed E-state index contributed by atoms with van der Waals surface area (Å²) in [5.41, 5.74) is 7.03. The molecule has 1 aliphatic heterocycles. The van der Waals surface area contributed by atoms with Crippen LogP contribution in [0.4, 0.5) is 4.39 Å². The van der Waals surface area contributed by atoms with Crippen molar-refractivity contribution in [2.45, 2.75) is 19.4 Å². The topological polar surface area (TPSA) is 29.3 Å². The first-order valence-corrected chi connectivity index (χ1v) is 7.35. The zero-order valence-electron chi connectivity index (χ0n) is 11.7. The van der Waals surface area contributed by atoms with E-state index in [1.54, 1.807) is 6.07 Å². The van der Waals surface area contributed by atoms with Gasteiger partial charge in [0.05, 0.1) is 0 Å². The average Bonchev–Trinajstić information content (AvgIpc) is 2.48.